The molecule has 1 saturated carbocycles. The molecule has 2 heteroatoms. The van der Waals surface area contributed by atoms with Gasteiger partial charge in [0.2, 0.25) is 0 Å². The lowest BCUT2D eigenvalue weighted by atomic mass is 9.86. The van der Waals surface area contributed by atoms with E-state index in [1.165, 1.54) is 37.8 Å². The van der Waals surface area contributed by atoms with Crippen LogP contribution < -0.4 is 5.73 Å². The van der Waals surface area contributed by atoms with Crippen molar-refractivity contribution in [1.29, 1.82) is 0 Å². The molecule has 0 aromatic carbocycles. The van der Waals surface area contributed by atoms with E-state index in [4.69, 9.17) is 5.73 Å². The van der Waals surface area contributed by atoms with Crippen LogP contribution in [0, 0.1) is 0 Å². The van der Waals surface area contributed by atoms with E-state index in [9.17, 15) is 0 Å². The largest absolute Gasteiger partial charge is 0.399 e. The second-order valence-electron chi connectivity index (χ2n) is 3.85. The van der Waals surface area contributed by atoms with Gasteiger partial charge in [0, 0.05) is 23.5 Å². The summed E-state index contributed by atoms with van der Waals surface area (Å²) in [5.74, 6) is 0.664. The van der Waals surface area contributed by atoms with Crippen molar-refractivity contribution in [1.82, 2.24) is 4.98 Å². The van der Waals surface area contributed by atoms with Gasteiger partial charge in [-0.1, -0.05) is 19.3 Å². The Bertz CT molecular complexity index is 277. The summed E-state index contributed by atoms with van der Waals surface area (Å²) in [6.45, 7) is 0. The van der Waals surface area contributed by atoms with Crippen molar-refractivity contribution in [3.05, 3.63) is 24.0 Å². The van der Waals surface area contributed by atoms with E-state index in [0.29, 0.717) is 5.92 Å². The Hall–Kier alpha value is -1.05. The summed E-state index contributed by atoms with van der Waals surface area (Å²) in [5.41, 5.74) is 7.76. The number of hydrogen-bond acceptors (Lipinski definition) is 2. The normalized spacial score (nSPS) is 18.8. The molecule has 2 rings (SSSR count). The molecule has 2 nitrogen and oxygen atoms in total. The van der Waals surface area contributed by atoms with Crippen LogP contribution in [0.1, 0.15) is 43.7 Å². The molecule has 70 valence electrons. The Labute approximate surface area is 79.2 Å². The maximum absolute atomic E-state index is 5.73. The fourth-order valence-corrected chi connectivity index (χ4v) is 2.09. The third-order valence-electron chi connectivity index (χ3n) is 2.83. The minimum Gasteiger partial charge on any atom is -0.399 e. The quantitative estimate of drug-likeness (QED) is 0.714. The van der Waals surface area contributed by atoms with E-state index in [-0.39, 0.29) is 0 Å². The fourth-order valence-electron chi connectivity index (χ4n) is 2.09. The predicted octanol–water partition coefficient (Wildman–Crippen LogP) is 2.71. The topological polar surface area (TPSA) is 38.9 Å². The van der Waals surface area contributed by atoms with Crippen LogP contribution in [-0.2, 0) is 0 Å². The first-order valence-electron chi connectivity index (χ1n) is 5.08. The van der Waals surface area contributed by atoms with Gasteiger partial charge in [-0.2, -0.15) is 0 Å². The van der Waals surface area contributed by atoms with Crippen molar-refractivity contribution in [2.75, 3.05) is 5.73 Å². The molecule has 1 heterocycles. The molecule has 0 aliphatic heterocycles. The molecule has 1 aromatic rings. The SMILES string of the molecule is Nc1ccnc(C2CCCCC2)c1. The van der Waals surface area contributed by atoms with Crippen LogP contribution in [0.5, 0.6) is 0 Å². The lowest BCUT2D eigenvalue weighted by Gasteiger charge is -2.20. The van der Waals surface area contributed by atoms with Crippen LogP contribution in [0.3, 0.4) is 0 Å². The highest BCUT2D eigenvalue weighted by molar-refractivity contribution is 5.38. The molecule has 13 heavy (non-hydrogen) atoms. The summed E-state index contributed by atoms with van der Waals surface area (Å²) in [7, 11) is 0. The molecule has 2 N–H and O–H groups in total. The maximum atomic E-state index is 5.73. The average Bonchev–Trinajstić information content (AvgIpc) is 2.19. The van der Waals surface area contributed by atoms with E-state index >= 15 is 0 Å². The lowest BCUT2D eigenvalue weighted by molar-refractivity contribution is 0.437. The smallest absolute Gasteiger partial charge is 0.0454 e. The molecule has 0 bridgehead atoms. The van der Waals surface area contributed by atoms with Gasteiger partial charge in [-0.25, -0.2) is 0 Å². The number of rotatable bonds is 1. The number of hydrogen-bond donors (Lipinski definition) is 1. The van der Waals surface area contributed by atoms with Crippen molar-refractivity contribution >= 4 is 5.69 Å². The van der Waals surface area contributed by atoms with Crippen LogP contribution in [-0.4, -0.2) is 4.98 Å². The Morgan fingerprint density at radius 2 is 2.00 bits per heavy atom. The minimum absolute atomic E-state index is 0.664. The maximum Gasteiger partial charge on any atom is 0.0454 e. The second kappa shape index (κ2) is 3.77. The standard InChI is InChI=1S/C11H16N2/c12-10-6-7-13-11(8-10)9-4-2-1-3-5-9/h6-9H,1-5H2,(H2,12,13). The zero-order valence-corrected chi connectivity index (χ0v) is 7.87. The number of pyridine rings is 1. The summed E-state index contributed by atoms with van der Waals surface area (Å²) in [6.07, 6.45) is 8.48. The van der Waals surface area contributed by atoms with Crippen molar-refractivity contribution < 1.29 is 0 Å². The van der Waals surface area contributed by atoms with Crippen molar-refractivity contribution in [2.45, 2.75) is 38.0 Å². The van der Waals surface area contributed by atoms with Crippen molar-refractivity contribution in [3.8, 4) is 0 Å². The number of aromatic nitrogens is 1. The summed E-state index contributed by atoms with van der Waals surface area (Å²) >= 11 is 0. The van der Waals surface area contributed by atoms with Gasteiger partial charge in [-0.3, -0.25) is 4.98 Å². The van der Waals surface area contributed by atoms with Gasteiger partial charge < -0.3 is 5.73 Å². The molecule has 0 atom stereocenters. The number of nitrogen functional groups attached to an aromatic ring is 1. The first-order valence-corrected chi connectivity index (χ1v) is 5.08. The van der Waals surface area contributed by atoms with Crippen LogP contribution >= 0.6 is 0 Å². The van der Waals surface area contributed by atoms with Crippen molar-refractivity contribution in [2.24, 2.45) is 0 Å². The zero-order chi connectivity index (χ0) is 9.10. The molecule has 0 unspecified atom stereocenters. The predicted molar refractivity (Wildman–Crippen MR) is 54.5 cm³/mol. The van der Waals surface area contributed by atoms with E-state index in [1.54, 1.807) is 0 Å². The Balaban J connectivity index is 2.14. The average molecular weight is 176 g/mol. The van der Waals surface area contributed by atoms with E-state index in [2.05, 4.69) is 4.98 Å². The molecule has 1 aliphatic rings. The molecule has 1 aliphatic carbocycles. The van der Waals surface area contributed by atoms with Gasteiger partial charge >= 0.3 is 0 Å². The number of anilines is 1. The molecule has 0 radical (unpaired) electrons. The van der Waals surface area contributed by atoms with Crippen LogP contribution in [0.25, 0.3) is 0 Å². The van der Waals surface area contributed by atoms with Crippen LogP contribution in [0.4, 0.5) is 5.69 Å². The Kier molecular flexibility index (Phi) is 2.48. The molecule has 0 saturated heterocycles. The van der Waals surface area contributed by atoms with Gasteiger partial charge in [0.05, 0.1) is 0 Å². The van der Waals surface area contributed by atoms with Gasteiger partial charge in [0.1, 0.15) is 0 Å². The Morgan fingerprint density at radius 3 is 2.69 bits per heavy atom. The highest BCUT2D eigenvalue weighted by Gasteiger charge is 2.16. The highest BCUT2D eigenvalue weighted by atomic mass is 14.7. The minimum atomic E-state index is 0.664. The van der Waals surface area contributed by atoms with Crippen molar-refractivity contribution in [3.63, 3.8) is 0 Å². The number of nitrogens with two attached hydrogens (primary N) is 1. The summed E-state index contributed by atoms with van der Waals surface area (Å²) in [4.78, 5) is 4.38. The molecular formula is C11H16N2. The first kappa shape index (κ1) is 8.54. The summed E-state index contributed by atoms with van der Waals surface area (Å²) in [6, 6.07) is 3.88. The molecule has 1 aromatic heterocycles. The highest BCUT2D eigenvalue weighted by Crippen LogP contribution is 2.31. The fraction of sp³-hybridized carbons (Fsp3) is 0.545. The molecule has 1 fully saturated rings. The van der Waals surface area contributed by atoms with Crippen LogP contribution in [0.2, 0.25) is 0 Å². The molecule has 0 amide bonds. The zero-order valence-electron chi connectivity index (χ0n) is 7.87. The van der Waals surface area contributed by atoms with Gasteiger partial charge in [-0.05, 0) is 25.0 Å². The monoisotopic (exact) mass is 176 g/mol. The van der Waals surface area contributed by atoms with Gasteiger partial charge in [0.15, 0.2) is 0 Å². The lowest BCUT2D eigenvalue weighted by Crippen LogP contribution is -2.06. The summed E-state index contributed by atoms with van der Waals surface area (Å²) in [5, 5.41) is 0. The van der Waals surface area contributed by atoms with Crippen LogP contribution in [0.15, 0.2) is 18.3 Å². The van der Waals surface area contributed by atoms with E-state index in [1.807, 2.05) is 18.3 Å². The third-order valence-corrected chi connectivity index (χ3v) is 2.83. The molecule has 0 spiro atoms. The van der Waals surface area contributed by atoms with E-state index < -0.39 is 0 Å². The first-order chi connectivity index (χ1) is 6.36. The van der Waals surface area contributed by atoms with E-state index in [0.717, 1.165) is 5.69 Å². The third kappa shape index (κ3) is 2.00. The Morgan fingerprint density at radius 1 is 1.23 bits per heavy atom. The molecular weight excluding hydrogens is 160 g/mol. The number of nitrogens with zero attached hydrogens (tertiary/aromatic N) is 1. The van der Waals surface area contributed by atoms with Gasteiger partial charge in [0.25, 0.3) is 0 Å². The second-order valence-corrected chi connectivity index (χ2v) is 3.85. The summed E-state index contributed by atoms with van der Waals surface area (Å²) < 4.78 is 0. The van der Waals surface area contributed by atoms with Gasteiger partial charge in [-0.15, -0.1) is 0 Å².